The smallest absolute Gasteiger partial charge is 0.306 e. The van der Waals surface area contributed by atoms with Gasteiger partial charge in [-0.3, -0.25) is 9.59 Å². The normalized spacial score (nSPS) is 24.8. The molecule has 0 aromatic carbocycles. The van der Waals surface area contributed by atoms with Crippen LogP contribution in [0, 0.1) is 11.8 Å². The van der Waals surface area contributed by atoms with Crippen molar-refractivity contribution in [1.29, 1.82) is 0 Å². The molecule has 16 heavy (non-hydrogen) atoms. The Morgan fingerprint density at radius 1 is 1.38 bits per heavy atom. The fourth-order valence-corrected chi connectivity index (χ4v) is 2.04. The molecule has 1 aliphatic carbocycles. The maximum atomic E-state index is 12.0. The molecule has 0 heterocycles. The van der Waals surface area contributed by atoms with Gasteiger partial charge in [-0.25, -0.2) is 8.78 Å². The number of amides is 1. The van der Waals surface area contributed by atoms with Crippen molar-refractivity contribution in [2.45, 2.75) is 25.7 Å². The molecule has 1 rings (SSSR count). The molecule has 0 spiro atoms. The van der Waals surface area contributed by atoms with E-state index in [9.17, 15) is 18.4 Å². The fourth-order valence-electron chi connectivity index (χ4n) is 2.04. The first-order valence-corrected chi connectivity index (χ1v) is 5.17. The molecule has 0 bridgehead atoms. The molecule has 92 valence electrons. The first-order chi connectivity index (χ1) is 7.41. The molecule has 1 aliphatic rings. The van der Waals surface area contributed by atoms with E-state index in [1.807, 2.05) is 0 Å². The average Bonchev–Trinajstić information content (AvgIpc) is 2.64. The van der Waals surface area contributed by atoms with E-state index >= 15 is 0 Å². The van der Waals surface area contributed by atoms with E-state index in [1.165, 1.54) is 7.05 Å². The van der Waals surface area contributed by atoms with Crippen molar-refractivity contribution in [3.63, 3.8) is 0 Å². The lowest BCUT2D eigenvalue weighted by Crippen LogP contribution is -2.35. The largest absolute Gasteiger partial charge is 0.481 e. The standard InChI is InChI=1S/C10H15F2NO3/c1-13(5-8(11)12)9(14)6-2-3-7(4-6)10(15)16/h6-8H,2-5H2,1H3,(H,15,16). The van der Waals surface area contributed by atoms with Crippen molar-refractivity contribution in [1.82, 2.24) is 4.90 Å². The summed E-state index contributed by atoms with van der Waals surface area (Å²) in [7, 11) is 1.32. The monoisotopic (exact) mass is 235 g/mol. The molecule has 4 nitrogen and oxygen atoms in total. The highest BCUT2D eigenvalue weighted by atomic mass is 19.3. The number of alkyl halides is 2. The topological polar surface area (TPSA) is 57.6 Å². The van der Waals surface area contributed by atoms with Crippen LogP contribution in [0.15, 0.2) is 0 Å². The van der Waals surface area contributed by atoms with E-state index in [-0.39, 0.29) is 12.3 Å². The highest BCUT2D eigenvalue weighted by Crippen LogP contribution is 2.32. The lowest BCUT2D eigenvalue weighted by molar-refractivity contribution is -0.141. The molecule has 1 saturated carbocycles. The van der Waals surface area contributed by atoms with Crippen LogP contribution in [0.4, 0.5) is 8.78 Å². The summed E-state index contributed by atoms with van der Waals surface area (Å²) in [5.41, 5.74) is 0. The molecular weight excluding hydrogens is 220 g/mol. The maximum absolute atomic E-state index is 12.0. The van der Waals surface area contributed by atoms with Gasteiger partial charge in [0.2, 0.25) is 5.91 Å². The van der Waals surface area contributed by atoms with Crippen LogP contribution < -0.4 is 0 Å². The number of carbonyl (C=O) groups is 2. The summed E-state index contributed by atoms with van der Waals surface area (Å²) < 4.78 is 24.1. The van der Waals surface area contributed by atoms with Crippen molar-refractivity contribution in [2.75, 3.05) is 13.6 Å². The number of carboxylic acid groups (broad SMARTS) is 1. The summed E-state index contributed by atoms with van der Waals surface area (Å²) in [6, 6.07) is 0. The van der Waals surface area contributed by atoms with Crippen molar-refractivity contribution < 1.29 is 23.5 Å². The Hall–Kier alpha value is -1.20. The Morgan fingerprint density at radius 2 is 1.94 bits per heavy atom. The lowest BCUT2D eigenvalue weighted by Gasteiger charge is -2.20. The minimum absolute atomic E-state index is 0.266. The van der Waals surface area contributed by atoms with Crippen molar-refractivity contribution >= 4 is 11.9 Å². The molecule has 2 atom stereocenters. The highest BCUT2D eigenvalue weighted by molar-refractivity contribution is 5.80. The van der Waals surface area contributed by atoms with E-state index in [4.69, 9.17) is 5.11 Å². The van der Waals surface area contributed by atoms with Crippen LogP contribution in [-0.4, -0.2) is 41.9 Å². The highest BCUT2D eigenvalue weighted by Gasteiger charge is 2.35. The van der Waals surface area contributed by atoms with Crippen LogP contribution in [-0.2, 0) is 9.59 Å². The number of hydrogen-bond donors (Lipinski definition) is 1. The number of carboxylic acids is 1. The van der Waals surface area contributed by atoms with E-state index in [2.05, 4.69) is 0 Å². The molecular formula is C10H15F2NO3. The van der Waals surface area contributed by atoms with Gasteiger partial charge in [-0.1, -0.05) is 0 Å². The van der Waals surface area contributed by atoms with Gasteiger partial charge in [0.05, 0.1) is 12.5 Å². The predicted octanol–water partition coefficient (Wildman–Crippen LogP) is 1.21. The summed E-state index contributed by atoms with van der Waals surface area (Å²) >= 11 is 0. The number of hydrogen-bond acceptors (Lipinski definition) is 2. The van der Waals surface area contributed by atoms with Gasteiger partial charge in [0, 0.05) is 13.0 Å². The Balaban J connectivity index is 2.47. The third-order valence-corrected chi connectivity index (χ3v) is 2.92. The van der Waals surface area contributed by atoms with E-state index in [0.29, 0.717) is 12.8 Å². The maximum Gasteiger partial charge on any atom is 0.306 e. The zero-order chi connectivity index (χ0) is 12.3. The third kappa shape index (κ3) is 3.15. The Kier molecular flexibility index (Phi) is 4.20. The first kappa shape index (κ1) is 12.9. The van der Waals surface area contributed by atoms with Gasteiger partial charge in [0.1, 0.15) is 0 Å². The van der Waals surface area contributed by atoms with Crippen molar-refractivity contribution in [3.8, 4) is 0 Å². The van der Waals surface area contributed by atoms with Crippen molar-refractivity contribution in [3.05, 3.63) is 0 Å². The predicted molar refractivity (Wildman–Crippen MR) is 52.1 cm³/mol. The van der Waals surface area contributed by atoms with Gasteiger partial charge >= 0.3 is 5.97 Å². The van der Waals surface area contributed by atoms with E-state index in [1.54, 1.807) is 0 Å². The molecule has 2 unspecified atom stereocenters. The molecule has 0 saturated heterocycles. The van der Waals surface area contributed by atoms with Gasteiger partial charge in [0.15, 0.2) is 0 Å². The summed E-state index contributed by atoms with van der Waals surface area (Å²) in [5, 5.41) is 8.75. The fraction of sp³-hybridized carbons (Fsp3) is 0.800. The molecule has 0 aromatic rings. The van der Waals surface area contributed by atoms with Crippen LogP contribution >= 0.6 is 0 Å². The number of nitrogens with zero attached hydrogens (tertiary/aromatic N) is 1. The van der Waals surface area contributed by atoms with Gasteiger partial charge < -0.3 is 10.0 Å². The zero-order valence-corrected chi connectivity index (χ0v) is 9.03. The minimum atomic E-state index is -2.55. The van der Waals surface area contributed by atoms with Gasteiger partial charge in [-0.2, -0.15) is 0 Å². The molecule has 0 radical (unpaired) electrons. The molecule has 1 amide bonds. The van der Waals surface area contributed by atoms with Crippen molar-refractivity contribution in [2.24, 2.45) is 11.8 Å². The summed E-state index contributed by atoms with van der Waals surface area (Å²) in [5.74, 6) is -2.20. The van der Waals surface area contributed by atoms with Crippen LogP contribution in [0.1, 0.15) is 19.3 Å². The number of carbonyl (C=O) groups excluding carboxylic acids is 1. The summed E-state index contributed by atoms with van der Waals surface area (Å²) in [4.78, 5) is 23.3. The second kappa shape index (κ2) is 5.23. The average molecular weight is 235 g/mol. The quantitative estimate of drug-likeness (QED) is 0.796. The molecule has 6 heteroatoms. The van der Waals surface area contributed by atoms with E-state index < -0.39 is 30.8 Å². The molecule has 1 N–H and O–H groups in total. The number of halogens is 2. The molecule has 0 aliphatic heterocycles. The van der Waals surface area contributed by atoms with Crippen LogP contribution in [0.3, 0.4) is 0 Å². The third-order valence-electron chi connectivity index (χ3n) is 2.92. The SMILES string of the molecule is CN(CC(F)F)C(=O)C1CCC(C(=O)O)C1. The lowest BCUT2D eigenvalue weighted by atomic mass is 10.0. The van der Waals surface area contributed by atoms with Gasteiger partial charge in [-0.05, 0) is 19.3 Å². The van der Waals surface area contributed by atoms with Gasteiger partial charge in [-0.15, -0.1) is 0 Å². The van der Waals surface area contributed by atoms with Crippen LogP contribution in [0.5, 0.6) is 0 Å². The first-order valence-electron chi connectivity index (χ1n) is 5.17. The van der Waals surface area contributed by atoms with E-state index in [0.717, 1.165) is 4.90 Å². The van der Waals surface area contributed by atoms with Gasteiger partial charge in [0.25, 0.3) is 6.43 Å². The Labute approximate surface area is 92.2 Å². The Morgan fingerprint density at radius 3 is 2.38 bits per heavy atom. The second-order valence-electron chi connectivity index (χ2n) is 4.15. The molecule has 0 aromatic heterocycles. The summed E-state index contributed by atoms with van der Waals surface area (Å²) in [6.07, 6.45) is -1.36. The zero-order valence-electron chi connectivity index (χ0n) is 9.03. The molecule has 1 fully saturated rings. The van der Waals surface area contributed by atoms with Crippen LogP contribution in [0.25, 0.3) is 0 Å². The Bertz CT molecular complexity index is 283. The van der Waals surface area contributed by atoms with Crippen LogP contribution in [0.2, 0.25) is 0 Å². The second-order valence-corrected chi connectivity index (χ2v) is 4.15. The summed E-state index contributed by atoms with van der Waals surface area (Å²) in [6.45, 7) is -0.590. The minimum Gasteiger partial charge on any atom is -0.481 e. The number of rotatable bonds is 4. The number of aliphatic carboxylic acids is 1.